The number of ketones is 1. The number of nitriles is 1. The summed E-state index contributed by atoms with van der Waals surface area (Å²) in [5.74, 6) is -0.515. The standard InChI is InChI=1S/C11H17NO2/c1-8(2)9(7-12)10(13)11(3)5-4-6-14-11/h8-9H,4-6H2,1-3H3. The summed E-state index contributed by atoms with van der Waals surface area (Å²) in [6.07, 6.45) is 1.66. The van der Waals surface area contributed by atoms with E-state index in [9.17, 15) is 4.79 Å². The van der Waals surface area contributed by atoms with Crippen LogP contribution in [0.15, 0.2) is 0 Å². The lowest BCUT2D eigenvalue weighted by Gasteiger charge is -2.25. The van der Waals surface area contributed by atoms with Gasteiger partial charge in [0, 0.05) is 6.61 Å². The number of nitrogens with zero attached hydrogens (tertiary/aromatic N) is 1. The fraction of sp³-hybridized carbons (Fsp3) is 0.818. The Hall–Kier alpha value is -0.880. The molecule has 0 spiro atoms. The second kappa shape index (κ2) is 4.10. The second-order valence-electron chi connectivity index (χ2n) is 4.40. The average Bonchev–Trinajstić information content (AvgIpc) is 2.54. The van der Waals surface area contributed by atoms with Crippen LogP contribution in [0, 0.1) is 23.2 Å². The molecule has 3 heteroatoms. The summed E-state index contributed by atoms with van der Waals surface area (Å²) in [5.41, 5.74) is -0.704. The first-order chi connectivity index (χ1) is 6.51. The van der Waals surface area contributed by atoms with Crippen LogP contribution >= 0.6 is 0 Å². The van der Waals surface area contributed by atoms with Crippen molar-refractivity contribution in [3.8, 4) is 6.07 Å². The quantitative estimate of drug-likeness (QED) is 0.691. The predicted molar refractivity (Wildman–Crippen MR) is 52.5 cm³/mol. The maximum atomic E-state index is 12.0. The molecule has 1 rings (SSSR count). The molecule has 0 amide bonds. The summed E-state index contributed by atoms with van der Waals surface area (Å²) in [6, 6.07) is 2.07. The molecule has 2 unspecified atom stereocenters. The smallest absolute Gasteiger partial charge is 0.181 e. The van der Waals surface area contributed by atoms with Crippen molar-refractivity contribution in [2.45, 2.75) is 39.2 Å². The van der Waals surface area contributed by atoms with Gasteiger partial charge in [-0.3, -0.25) is 4.79 Å². The average molecular weight is 195 g/mol. The minimum atomic E-state index is -0.704. The Morgan fingerprint density at radius 2 is 2.21 bits per heavy atom. The van der Waals surface area contributed by atoms with Crippen molar-refractivity contribution >= 4 is 5.78 Å². The maximum absolute atomic E-state index is 12.0. The highest BCUT2D eigenvalue weighted by Crippen LogP contribution is 2.30. The monoisotopic (exact) mass is 195 g/mol. The molecule has 14 heavy (non-hydrogen) atoms. The Labute approximate surface area is 85.1 Å². The highest BCUT2D eigenvalue weighted by atomic mass is 16.5. The third-order valence-corrected chi connectivity index (χ3v) is 2.83. The van der Waals surface area contributed by atoms with Crippen molar-refractivity contribution < 1.29 is 9.53 Å². The van der Waals surface area contributed by atoms with Gasteiger partial charge < -0.3 is 4.74 Å². The third-order valence-electron chi connectivity index (χ3n) is 2.83. The number of carbonyl (C=O) groups excluding carboxylic acids is 1. The number of ether oxygens (including phenoxy) is 1. The fourth-order valence-corrected chi connectivity index (χ4v) is 1.81. The molecule has 0 aromatic carbocycles. The van der Waals surface area contributed by atoms with Gasteiger partial charge in [0.1, 0.15) is 11.5 Å². The Bertz CT molecular complexity index is 259. The first-order valence-electron chi connectivity index (χ1n) is 5.09. The lowest BCUT2D eigenvalue weighted by atomic mass is 9.83. The summed E-state index contributed by atoms with van der Waals surface area (Å²) in [5, 5.41) is 8.92. The molecule has 0 radical (unpaired) electrons. The molecule has 0 aromatic rings. The third kappa shape index (κ3) is 1.96. The highest BCUT2D eigenvalue weighted by Gasteiger charge is 2.42. The van der Waals surface area contributed by atoms with E-state index in [0.717, 1.165) is 12.8 Å². The Balaban J connectivity index is 2.77. The van der Waals surface area contributed by atoms with Crippen LogP contribution in [0.25, 0.3) is 0 Å². The van der Waals surface area contributed by atoms with Crippen LogP contribution in [0.2, 0.25) is 0 Å². The molecule has 78 valence electrons. The molecule has 0 saturated carbocycles. The molecule has 0 aliphatic carbocycles. The summed E-state index contributed by atoms with van der Waals surface area (Å²) >= 11 is 0. The van der Waals surface area contributed by atoms with Crippen molar-refractivity contribution in [3.63, 3.8) is 0 Å². The molecular formula is C11H17NO2. The van der Waals surface area contributed by atoms with Crippen LogP contribution in [0.4, 0.5) is 0 Å². The van der Waals surface area contributed by atoms with Gasteiger partial charge in [-0.2, -0.15) is 5.26 Å². The second-order valence-corrected chi connectivity index (χ2v) is 4.40. The Morgan fingerprint density at radius 1 is 1.57 bits per heavy atom. The molecule has 1 fully saturated rings. The summed E-state index contributed by atoms with van der Waals surface area (Å²) in [6.45, 7) is 6.22. The zero-order chi connectivity index (χ0) is 10.8. The van der Waals surface area contributed by atoms with Gasteiger partial charge in [-0.05, 0) is 25.7 Å². The van der Waals surface area contributed by atoms with Crippen molar-refractivity contribution in [3.05, 3.63) is 0 Å². The van der Waals surface area contributed by atoms with Crippen molar-refractivity contribution in [2.24, 2.45) is 11.8 Å². The van der Waals surface area contributed by atoms with Gasteiger partial charge in [0.25, 0.3) is 0 Å². The van der Waals surface area contributed by atoms with Crippen molar-refractivity contribution in [2.75, 3.05) is 6.61 Å². The van der Waals surface area contributed by atoms with Crippen LogP contribution in [0.1, 0.15) is 33.6 Å². The van der Waals surface area contributed by atoms with E-state index in [2.05, 4.69) is 6.07 Å². The lowest BCUT2D eigenvalue weighted by molar-refractivity contribution is -0.140. The molecular weight excluding hydrogens is 178 g/mol. The molecule has 0 N–H and O–H groups in total. The largest absolute Gasteiger partial charge is 0.367 e. The molecule has 1 aliphatic heterocycles. The summed E-state index contributed by atoms with van der Waals surface area (Å²) in [4.78, 5) is 12.0. The van der Waals surface area contributed by atoms with Gasteiger partial charge in [-0.1, -0.05) is 13.8 Å². The number of carbonyl (C=O) groups is 1. The van der Waals surface area contributed by atoms with E-state index in [1.165, 1.54) is 0 Å². The molecule has 1 aliphatic rings. The van der Waals surface area contributed by atoms with Crippen LogP contribution in [0.3, 0.4) is 0 Å². The van der Waals surface area contributed by atoms with Crippen LogP contribution in [0.5, 0.6) is 0 Å². The van der Waals surface area contributed by atoms with Gasteiger partial charge in [0.2, 0.25) is 0 Å². The minimum Gasteiger partial charge on any atom is -0.367 e. The minimum absolute atomic E-state index is 0.0486. The van der Waals surface area contributed by atoms with E-state index in [4.69, 9.17) is 10.00 Å². The Kier molecular flexibility index (Phi) is 3.28. The van der Waals surface area contributed by atoms with Crippen LogP contribution in [-0.4, -0.2) is 18.0 Å². The first-order valence-corrected chi connectivity index (χ1v) is 5.09. The maximum Gasteiger partial charge on any atom is 0.181 e. The van der Waals surface area contributed by atoms with E-state index in [0.29, 0.717) is 6.61 Å². The van der Waals surface area contributed by atoms with E-state index in [-0.39, 0.29) is 11.7 Å². The first kappa shape index (κ1) is 11.2. The molecule has 3 nitrogen and oxygen atoms in total. The highest BCUT2D eigenvalue weighted by molar-refractivity contribution is 5.91. The number of hydrogen-bond donors (Lipinski definition) is 0. The normalized spacial score (nSPS) is 28.8. The zero-order valence-corrected chi connectivity index (χ0v) is 9.04. The fourth-order valence-electron chi connectivity index (χ4n) is 1.81. The topological polar surface area (TPSA) is 50.1 Å². The molecule has 0 aromatic heterocycles. The zero-order valence-electron chi connectivity index (χ0n) is 9.04. The van der Waals surface area contributed by atoms with E-state index >= 15 is 0 Å². The summed E-state index contributed by atoms with van der Waals surface area (Å²) in [7, 11) is 0. The lowest BCUT2D eigenvalue weighted by Crippen LogP contribution is -2.40. The number of hydrogen-bond acceptors (Lipinski definition) is 3. The Morgan fingerprint density at radius 3 is 2.57 bits per heavy atom. The summed E-state index contributed by atoms with van der Waals surface area (Å²) < 4.78 is 5.43. The van der Waals surface area contributed by atoms with Crippen molar-refractivity contribution in [1.82, 2.24) is 0 Å². The molecule has 2 atom stereocenters. The van der Waals surface area contributed by atoms with Gasteiger partial charge >= 0.3 is 0 Å². The molecule has 1 heterocycles. The van der Waals surface area contributed by atoms with Gasteiger partial charge in [-0.15, -0.1) is 0 Å². The van der Waals surface area contributed by atoms with Gasteiger partial charge in [0.05, 0.1) is 6.07 Å². The molecule has 0 bridgehead atoms. The van der Waals surface area contributed by atoms with Crippen molar-refractivity contribution in [1.29, 1.82) is 5.26 Å². The van der Waals surface area contributed by atoms with E-state index in [1.807, 2.05) is 13.8 Å². The van der Waals surface area contributed by atoms with E-state index < -0.39 is 11.5 Å². The SMILES string of the molecule is CC(C)C(C#N)C(=O)C1(C)CCCO1. The van der Waals surface area contributed by atoms with Crippen LogP contribution in [-0.2, 0) is 9.53 Å². The van der Waals surface area contributed by atoms with E-state index in [1.54, 1.807) is 6.92 Å². The predicted octanol–water partition coefficient (Wildman–Crippen LogP) is 1.92. The van der Waals surface area contributed by atoms with Crippen LogP contribution < -0.4 is 0 Å². The van der Waals surface area contributed by atoms with Gasteiger partial charge in [0.15, 0.2) is 5.78 Å². The number of rotatable bonds is 3. The van der Waals surface area contributed by atoms with Gasteiger partial charge in [-0.25, -0.2) is 0 Å². The number of Topliss-reactive ketones (excluding diaryl/α,β-unsaturated/α-hetero) is 1. The molecule has 1 saturated heterocycles.